The van der Waals surface area contributed by atoms with Crippen LogP contribution in [-0.2, 0) is 6.42 Å². The van der Waals surface area contributed by atoms with Crippen LogP contribution in [0.15, 0.2) is 5.51 Å². The summed E-state index contributed by atoms with van der Waals surface area (Å²) in [5.41, 5.74) is 1.80. The fourth-order valence-corrected chi connectivity index (χ4v) is 1.93. The summed E-state index contributed by atoms with van der Waals surface area (Å²) in [6.45, 7) is 4.12. The molecule has 3 nitrogen and oxygen atoms in total. The Labute approximate surface area is 75.1 Å². The van der Waals surface area contributed by atoms with Crippen molar-refractivity contribution in [3.63, 3.8) is 0 Å². The number of carboxylic acids is 1. The second-order valence-electron chi connectivity index (χ2n) is 3.03. The number of hydrogen-bond acceptors (Lipinski definition) is 3. The Morgan fingerprint density at radius 1 is 1.75 bits per heavy atom. The Hall–Kier alpha value is -0.900. The van der Waals surface area contributed by atoms with Crippen molar-refractivity contribution in [1.29, 1.82) is 0 Å². The van der Waals surface area contributed by atoms with E-state index in [0.717, 1.165) is 11.3 Å². The summed E-state index contributed by atoms with van der Waals surface area (Å²) in [6, 6.07) is 0. The fourth-order valence-electron chi connectivity index (χ4n) is 0.961. The van der Waals surface area contributed by atoms with Crippen molar-refractivity contribution >= 4 is 17.3 Å². The Balaban J connectivity index is 2.84. The van der Waals surface area contributed by atoms with Gasteiger partial charge in [0.05, 0.1) is 5.51 Å². The number of carboxylic acid groups (broad SMARTS) is 1. The average Bonchev–Trinajstić information content (AvgIpc) is 2.33. The van der Waals surface area contributed by atoms with Crippen LogP contribution in [0.5, 0.6) is 0 Å². The van der Waals surface area contributed by atoms with Gasteiger partial charge in [0.15, 0.2) is 5.69 Å². The van der Waals surface area contributed by atoms with Crippen LogP contribution < -0.4 is 0 Å². The Morgan fingerprint density at radius 2 is 2.42 bits per heavy atom. The molecule has 0 bridgehead atoms. The molecule has 0 aliphatic heterocycles. The van der Waals surface area contributed by atoms with E-state index >= 15 is 0 Å². The Bertz CT molecular complexity index is 280. The number of thiazole rings is 1. The van der Waals surface area contributed by atoms with E-state index in [1.807, 2.05) is 0 Å². The monoisotopic (exact) mass is 185 g/mol. The summed E-state index contributed by atoms with van der Waals surface area (Å²) in [7, 11) is 0. The summed E-state index contributed by atoms with van der Waals surface area (Å²) in [4.78, 5) is 15.3. The molecule has 0 aromatic carbocycles. The number of hydrogen-bond donors (Lipinski definition) is 1. The highest BCUT2D eigenvalue weighted by Gasteiger charge is 2.13. The zero-order chi connectivity index (χ0) is 9.14. The zero-order valence-corrected chi connectivity index (χ0v) is 7.89. The zero-order valence-electron chi connectivity index (χ0n) is 7.07. The molecule has 1 N–H and O–H groups in total. The van der Waals surface area contributed by atoms with Gasteiger partial charge in [-0.1, -0.05) is 13.8 Å². The van der Waals surface area contributed by atoms with Crippen molar-refractivity contribution in [2.24, 2.45) is 5.92 Å². The largest absolute Gasteiger partial charge is 0.476 e. The van der Waals surface area contributed by atoms with E-state index in [-0.39, 0.29) is 5.69 Å². The predicted octanol–water partition coefficient (Wildman–Crippen LogP) is 2.04. The molecule has 0 saturated heterocycles. The minimum absolute atomic E-state index is 0.216. The smallest absolute Gasteiger partial charge is 0.355 e. The van der Waals surface area contributed by atoms with Gasteiger partial charge in [-0.3, -0.25) is 0 Å². The van der Waals surface area contributed by atoms with E-state index in [0.29, 0.717) is 5.92 Å². The van der Waals surface area contributed by atoms with Crippen LogP contribution in [0.4, 0.5) is 0 Å². The first kappa shape index (κ1) is 9.19. The van der Waals surface area contributed by atoms with Crippen LogP contribution in [0, 0.1) is 5.92 Å². The lowest BCUT2D eigenvalue weighted by Gasteiger charge is -2.01. The van der Waals surface area contributed by atoms with Gasteiger partial charge in [-0.2, -0.15) is 0 Å². The topological polar surface area (TPSA) is 50.2 Å². The van der Waals surface area contributed by atoms with Gasteiger partial charge in [-0.25, -0.2) is 9.78 Å². The third kappa shape index (κ3) is 2.04. The number of rotatable bonds is 3. The van der Waals surface area contributed by atoms with Crippen molar-refractivity contribution in [3.05, 3.63) is 16.1 Å². The minimum Gasteiger partial charge on any atom is -0.476 e. The maximum Gasteiger partial charge on any atom is 0.355 e. The second kappa shape index (κ2) is 3.67. The first-order valence-corrected chi connectivity index (χ1v) is 4.65. The van der Waals surface area contributed by atoms with E-state index in [2.05, 4.69) is 18.8 Å². The summed E-state index contributed by atoms with van der Waals surface area (Å²) >= 11 is 1.41. The molecule has 0 saturated carbocycles. The van der Waals surface area contributed by atoms with Gasteiger partial charge >= 0.3 is 5.97 Å². The van der Waals surface area contributed by atoms with Crippen molar-refractivity contribution in [2.45, 2.75) is 20.3 Å². The lowest BCUT2D eigenvalue weighted by atomic mass is 10.1. The van der Waals surface area contributed by atoms with Crippen LogP contribution >= 0.6 is 11.3 Å². The average molecular weight is 185 g/mol. The molecule has 0 fully saturated rings. The summed E-state index contributed by atoms with van der Waals surface area (Å²) in [6.07, 6.45) is 0.798. The van der Waals surface area contributed by atoms with Gasteiger partial charge in [0.2, 0.25) is 0 Å². The number of aromatic nitrogens is 1. The summed E-state index contributed by atoms with van der Waals surface area (Å²) in [5.74, 6) is -0.449. The lowest BCUT2D eigenvalue weighted by molar-refractivity contribution is 0.0690. The van der Waals surface area contributed by atoms with Crippen LogP contribution in [0.1, 0.15) is 29.2 Å². The third-order valence-electron chi connectivity index (χ3n) is 1.44. The molecule has 0 spiro atoms. The molecule has 0 aliphatic rings. The summed E-state index contributed by atoms with van der Waals surface area (Å²) in [5, 5.41) is 8.71. The molecule has 0 amide bonds. The predicted molar refractivity (Wildman–Crippen MR) is 47.6 cm³/mol. The van der Waals surface area contributed by atoms with Crippen LogP contribution in [0.2, 0.25) is 0 Å². The molecule has 12 heavy (non-hydrogen) atoms. The van der Waals surface area contributed by atoms with Gasteiger partial charge in [-0.15, -0.1) is 11.3 Å². The first-order chi connectivity index (χ1) is 5.61. The van der Waals surface area contributed by atoms with E-state index in [1.54, 1.807) is 5.51 Å². The second-order valence-corrected chi connectivity index (χ2v) is 3.97. The molecule has 0 radical (unpaired) electrons. The molecule has 1 aromatic rings. The van der Waals surface area contributed by atoms with Gasteiger partial charge in [0.25, 0.3) is 0 Å². The maximum atomic E-state index is 10.6. The van der Waals surface area contributed by atoms with Crippen LogP contribution in [0.25, 0.3) is 0 Å². The van der Waals surface area contributed by atoms with E-state index in [4.69, 9.17) is 5.11 Å². The third-order valence-corrected chi connectivity index (χ3v) is 2.29. The first-order valence-electron chi connectivity index (χ1n) is 3.77. The highest BCUT2D eigenvalue weighted by atomic mass is 32.1. The van der Waals surface area contributed by atoms with Crippen molar-refractivity contribution < 1.29 is 9.90 Å². The van der Waals surface area contributed by atoms with Gasteiger partial charge < -0.3 is 5.11 Å². The fraction of sp³-hybridized carbons (Fsp3) is 0.500. The summed E-state index contributed by atoms with van der Waals surface area (Å²) < 4.78 is 0. The molecule has 0 unspecified atom stereocenters. The van der Waals surface area contributed by atoms with Crippen molar-refractivity contribution in [3.8, 4) is 0 Å². The van der Waals surface area contributed by atoms with Crippen molar-refractivity contribution in [2.75, 3.05) is 0 Å². The molecule has 0 atom stereocenters. The molecule has 4 heteroatoms. The van der Waals surface area contributed by atoms with E-state index in [1.165, 1.54) is 11.3 Å². The molecule has 0 aliphatic carbocycles. The standard InChI is InChI=1S/C8H11NO2S/c1-5(2)3-6-7(8(10)11)9-4-12-6/h4-5H,3H2,1-2H3,(H,10,11). The SMILES string of the molecule is CC(C)Cc1scnc1C(=O)O. The van der Waals surface area contributed by atoms with Gasteiger partial charge in [0.1, 0.15) is 0 Å². The number of carbonyl (C=O) groups is 1. The lowest BCUT2D eigenvalue weighted by Crippen LogP contribution is -2.03. The van der Waals surface area contributed by atoms with E-state index < -0.39 is 5.97 Å². The van der Waals surface area contributed by atoms with Crippen LogP contribution in [-0.4, -0.2) is 16.1 Å². The van der Waals surface area contributed by atoms with Crippen LogP contribution in [0.3, 0.4) is 0 Å². The quantitative estimate of drug-likeness (QED) is 0.784. The van der Waals surface area contributed by atoms with Gasteiger partial charge in [0, 0.05) is 4.88 Å². The molecule has 1 aromatic heterocycles. The minimum atomic E-state index is -0.924. The normalized spacial score (nSPS) is 10.6. The molecule has 1 heterocycles. The van der Waals surface area contributed by atoms with E-state index in [9.17, 15) is 4.79 Å². The molecule has 1 rings (SSSR count). The molecular weight excluding hydrogens is 174 g/mol. The molecule has 66 valence electrons. The maximum absolute atomic E-state index is 10.6. The number of aromatic carboxylic acids is 1. The van der Waals surface area contributed by atoms with Crippen molar-refractivity contribution in [1.82, 2.24) is 4.98 Å². The Kier molecular flexibility index (Phi) is 2.81. The Morgan fingerprint density at radius 3 is 2.92 bits per heavy atom. The number of nitrogens with zero attached hydrogens (tertiary/aromatic N) is 1. The highest BCUT2D eigenvalue weighted by molar-refractivity contribution is 7.09. The molecular formula is C8H11NO2S. The highest BCUT2D eigenvalue weighted by Crippen LogP contribution is 2.17. The van der Waals surface area contributed by atoms with Gasteiger partial charge in [-0.05, 0) is 12.3 Å².